The molecule has 0 aliphatic heterocycles. The lowest BCUT2D eigenvalue weighted by Crippen LogP contribution is -2.15. The van der Waals surface area contributed by atoms with E-state index in [0.717, 1.165) is 4.47 Å². The highest BCUT2D eigenvalue weighted by atomic mass is 79.9. The van der Waals surface area contributed by atoms with Gasteiger partial charge < -0.3 is 11.1 Å². The Morgan fingerprint density at radius 2 is 2.17 bits per heavy atom. The average molecular weight is 311 g/mol. The lowest BCUT2D eigenvalue weighted by atomic mass is 10.4. The highest BCUT2D eigenvalue weighted by Gasteiger charge is 2.04. The number of rotatable bonds is 5. The monoisotopic (exact) mass is 310 g/mol. The fourth-order valence-corrected chi connectivity index (χ4v) is 1.51. The summed E-state index contributed by atoms with van der Waals surface area (Å²) < 4.78 is 2.46. The zero-order valence-electron chi connectivity index (χ0n) is 9.38. The number of primary amides is 1. The first-order valence-electron chi connectivity index (χ1n) is 5.20. The zero-order chi connectivity index (χ0) is 13.0. The molecule has 0 bridgehead atoms. The highest BCUT2D eigenvalue weighted by Crippen LogP contribution is 2.06. The predicted molar refractivity (Wildman–Crippen MR) is 69.0 cm³/mol. The molecule has 0 atom stereocenters. The average Bonchev–Trinajstić information content (AvgIpc) is 2.81. The number of nitrogens with one attached hydrogen (secondary N) is 1. The Balaban J connectivity index is 1.84. The third-order valence-corrected chi connectivity index (χ3v) is 2.55. The molecule has 0 saturated carbocycles. The van der Waals surface area contributed by atoms with Crippen molar-refractivity contribution in [3.8, 4) is 0 Å². The van der Waals surface area contributed by atoms with Crippen LogP contribution in [-0.4, -0.2) is 32.2 Å². The molecule has 0 saturated heterocycles. The Labute approximate surface area is 112 Å². The minimum atomic E-state index is -0.530. The molecule has 7 nitrogen and oxygen atoms in total. The van der Waals surface area contributed by atoms with E-state index in [-0.39, 0.29) is 5.69 Å². The van der Waals surface area contributed by atoms with Gasteiger partial charge in [-0.05, 0) is 22.0 Å². The van der Waals surface area contributed by atoms with Crippen LogP contribution in [0.15, 0.2) is 29.1 Å². The van der Waals surface area contributed by atoms with Gasteiger partial charge in [0, 0.05) is 25.1 Å². The number of nitrogens with two attached hydrogens (primary N) is 1. The largest absolute Gasteiger partial charge is 0.364 e. The summed E-state index contributed by atoms with van der Waals surface area (Å²) in [5.74, 6) is 0.0124. The molecular weight excluding hydrogens is 300 g/mol. The molecule has 1 amide bonds. The van der Waals surface area contributed by atoms with E-state index in [0.29, 0.717) is 19.0 Å². The fourth-order valence-electron chi connectivity index (χ4n) is 1.30. The molecule has 94 valence electrons. The van der Waals surface area contributed by atoms with E-state index in [2.05, 4.69) is 36.3 Å². The molecule has 2 aromatic heterocycles. The van der Waals surface area contributed by atoms with Crippen molar-refractivity contribution in [3.63, 3.8) is 0 Å². The summed E-state index contributed by atoms with van der Waals surface area (Å²) in [6, 6.07) is 1.58. The number of carbonyl (C=O) groups is 1. The Kier molecular flexibility index (Phi) is 3.88. The lowest BCUT2D eigenvalue weighted by Gasteiger charge is -2.04. The van der Waals surface area contributed by atoms with Crippen molar-refractivity contribution < 1.29 is 4.79 Å². The molecule has 0 fully saturated rings. The molecule has 0 aliphatic rings. The van der Waals surface area contributed by atoms with Gasteiger partial charge >= 0.3 is 0 Å². The van der Waals surface area contributed by atoms with Gasteiger partial charge in [0.25, 0.3) is 5.91 Å². The van der Waals surface area contributed by atoms with Gasteiger partial charge in [-0.25, -0.2) is 9.97 Å². The van der Waals surface area contributed by atoms with E-state index < -0.39 is 5.91 Å². The van der Waals surface area contributed by atoms with Crippen LogP contribution in [0.1, 0.15) is 10.5 Å². The van der Waals surface area contributed by atoms with Gasteiger partial charge in [-0.15, -0.1) is 0 Å². The minimum Gasteiger partial charge on any atom is -0.364 e. The lowest BCUT2D eigenvalue weighted by molar-refractivity contribution is 0.0994. The van der Waals surface area contributed by atoms with Gasteiger partial charge in [0.2, 0.25) is 5.95 Å². The number of halogens is 1. The molecule has 18 heavy (non-hydrogen) atoms. The van der Waals surface area contributed by atoms with Crippen molar-refractivity contribution in [3.05, 3.63) is 34.8 Å². The molecule has 0 aliphatic carbocycles. The fraction of sp³-hybridized carbons (Fsp3) is 0.200. The smallest absolute Gasteiger partial charge is 0.269 e. The van der Waals surface area contributed by atoms with Crippen molar-refractivity contribution in [1.29, 1.82) is 0 Å². The number of aromatic nitrogens is 4. The first-order chi connectivity index (χ1) is 8.65. The van der Waals surface area contributed by atoms with Gasteiger partial charge in [-0.3, -0.25) is 9.48 Å². The summed E-state index contributed by atoms with van der Waals surface area (Å²) >= 11 is 3.26. The maximum absolute atomic E-state index is 10.8. The van der Waals surface area contributed by atoms with Crippen LogP contribution < -0.4 is 11.1 Å². The maximum atomic E-state index is 10.8. The first-order valence-corrected chi connectivity index (χ1v) is 5.99. The van der Waals surface area contributed by atoms with Gasteiger partial charge in [0.15, 0.2) is 0 Å². The van der Waals surface area contributed by atoms with Gasteiger partial charge in [-0.2, -0.15) is 5.10 Å². The van der Waals surface area contributed by atoms with E-state index in [1.54, 1.807) is 29.3 Å². The summed E-state index contributed by atoms with van der Waals surface area (Å²) in [4.78, 5) is 19.0. The Bertz CT molecular complexity index is 538. The number of anilines is 1. The van der Waals surface area contributed by atoms with Crippen LogP contribution in [0.2, 0.25) is 0 Å². The summed E-state index contributed by atoms with van der Waals surface area (Å²) in [7, 11) is 0. The third kappa shape index (κ3) is 3.27. The highest BCUT2D eigenvalue weighted by molar-refractivity contribution is 9.10. The second-order valence-electron chi connectivity index (χ2n) is 3.48. The Hall–Kier alpha value is -1.96. The normalized spacial score (nSPS) is 10.3. The summed E-state index contributed by atoms with van der Waals surface area (Å²) in [6.07, 6.45) is 5.02. The van der Waals surface area contributed by atoms with E-state index in [4.69, 9.17) is 5.73 Å². The van der Waals surface area contributed by atoms with Gasteiger partial charge in [0.05, 0.1) is 11.0 Å². The molecule has 8 heteroatoms. The van der Waals surface area contributed by atoms with Crippen molar-refractivity contribution in [2.24, 2.45) is 5.73 Å². The van der Waals surface area contributed by atoms with E-state index in [1.165, 1.54) is 0 Å². The van der Waals surface area contributed by atoms with Crippen LogP contribution >= 0.6 is 15.9 Å². The summed E-state index contributed by atoms with van der Waals surface area (Å²) in [5, 5.41) is 7.05. The van der Waals surface area contributed by atoms with Crippen molar-refractivity contribution >= 4 is 27.8 Å². The Morgan fingerprint density at radius 3 is 2.78 bits per heavy atom. The predicted octanol–water partition coefficient (Wildman–Crippen LogP) is 0.647. The number of carbonyl (C=O) groups excluding carboxylic acids is 1. The number of nitrogens with zero attached hydrogens (tertiary/aromatic N) is 4. The zero-order valence-corrected chi connectivity index (χ0v) is 11.0. The topological polar surface area (TPSA) is 98.7 Å². The quantitative estimate of drug-likeness (QED) is 0.844. The first kappa shape index (κ1) is 12.5. The van der Waals surface area contributed by atoms with Crippen molar-refractivity contribution in [2.45, 2.75) is 6.54 Å². The van der Waals surface area contributed by atoms with Gasteiger partial charge in [0.1, 0.15) is 5.69 Å². The van der Waals surface area contributed by atoms with Crippen molar-refractivity contribution in [1.82, 2.24) is 19.7 Å². The van der Waals surface area contributed by atoms with Crippen LogP contribution in [0.25, 0.3) is 0 Å². The summed E-state index contributed by atoms with van der Waals surface area (Å²) in [5.41, 5.74) is 5.37. The molecule has 3 N–H and O–H groups in total. The standard InChI is InChI=1S/C10H11BrN6O/c11-7-5-14-10(15-6-7)13-2-4-17-3-1-8(16-17)9(12)18/h1,3,5-6H,2,4H2,(H2,12,18)(H,13,14,15). The van der Waals surface area contributed by atoms with E-state index in [9.17, 15) is 4.79 Å². The molecular formula is C10H11BrN6O. The molecule has 0 aromatic carbocycles. The number of hydrogen-bond acceptors (Lipinski definition) is 5. The van der Waals surface area contributed by atoms with Crippen LogP contribution in [-0.2, 0) is 6.54 Å². The molecule has 0 radical (unpaired) electrons. The molecule has 2 aromatic rings. The van der Waals surface area contributed by atoms with Crippen LogP contribution in [0.4, 0.5) is 5.95 Å². The van der Waals surface area contributed by atoms with Crippen LogP contribution in [0, 0.1) is 0 Å². The van der Waals surface area contributed by atoms with Crippen molar-refractivity contribution in [2.75, 3.05) is 11.9 Å². The molecule has 2 heterocycles. The number of hydrogen-bond donors (Lipinski definition) is 2. The minimum absolute atomic E-state index is 0.259. The number of amides is 1. The maximum Gasteiger partial charge on any atom is 0.269 e. The van der Waals surface area contributed by atoms with E-state index in [1.807, 2.05) is 0 Å². The molecule has 0 spiro atoms. The van der Waals surface area contributed by atoms with Gasteiger partial charge in [-0.1, -0.05) is 0 Å². The Morgan fingerprint density at radius 1 is 1.44 bits per heavy atom. The van der Waals surface area contributed by atoms with Crippen LogP contribution in [0.3, 0.4) is 0 Å². The SMILES string of the molecule is NC(=O)c1ccn(CCNc2ncc(Br)cn2)n1. The summed E-state index contributed by atoms with van der Waals surface area (Å²) in [6.45, 7) is 1.19. The van der Waals surface area contributed by atoms with Crippen LogP contribution in [0.5, 0.6) is 0 Å². The van der Waals surface area contributed by atoms with E-state index >= 15 is 0 Å². The molecule has 2 rings (SSSR count). The molecule has 0 unspecified atom stereocenters. The third-order valence-electron chi connectivity index (χ3n) is 2.14. The second-order valence-corrected chi connectivity index (χ2v) is 4.40. The second kappa shape index (κ2) is 5.58.